The Morgan fingerprint density at radius 1 is 1.12 bits per heavy atom. The molecule has 1 rings (SSSR count). The van der Waals surface area contributed by atoms with Crippen LogP contribution in [0, 0.1) is 0 Å². The number of aliphatic hydroxyl groups is 1. The van der Waals surface area contributed by atoms with E-state index in [2.05, 4.69) is 4.99 Å². The van der Waals surface area contributed by atoms with Crippen LogP contribution in [0.3, 0.4) is 0 Å². The van der Waals surface area contributed by atoms with E-state index in [1.165, 1.54) is 19.1 Å². The third kappa shape index (κ3) is 6.35. The smallest absolute Gasteiger partial charge is 0.343 e. The highest BCUT2D eigenvalue weighted by atomic mass is 35.5. The summed E-state index contributed by atoms with van der Waals surface area (Å²) in [4.78, 5) is 28.2. The van der Waals surface area contributed by atoms with Gasteiger partial charge in [-0.05, 0) is 46.8 Å². The predicted octanol–water partition coefficient (Wildman–Crippen LogP) is 5.04. The Bertz CT molecular complexity index is 750. The SMILES string of the molecule is CC(O)=C(C=Nc1cc(Cl)cc(C(=O)OC(C)C)c1Cl)C(=O)OC(C)C. The number of esters is 2. The lowest BCUT2D eigenvalue weighted by Crippen LogP contribution is -2.15. The van der Waals surface area contributed by atoms with E-state index in [0.29, 0.717) is 0 Å². The fraction of sp³-hybridized carbons (Fsp3) is 0.389. The molecule has 0 aliphatic heterocycles. The Morgan fingerprint density at radius 2 is 1.69 bits per heavy atom. The minimum atomic E-state index is -0.735. The van der Waals surface area contributed by atoms with Crippen molar-refractivity contribution in [1.82, 2.24) is 0 Å². The number of hydrogen-bond acceptors (Lipinski definition) is 6. The van der Waals surface area contributed by atoms with Crippen molar-refractivity contribution in [1.29, 1.82) is 0 Å². The van der Waals surface area contributed by atoms with Crippen molar-refractivity contribution in [2.45, 2.75) is 46.8 Å². The molecule has 0 spiro atoms. The topological polar surface area (TPSA) is 85.2 Å². The van der Waals surface area contributed by atoms with Crippen molar-refractivity contribution in [3.63, 3.8) is 0 Å². The van der Waals surface area contributed by atoms with Gasteiger partial charge in [0, 0.05) is 11.2 Å². The average Bonchev–Trinajstić information content (AvgIpc) is 2.48. The van der Waals surface area contributed by atoms with Gasteiger partial charge in [0.05, 0.1) is 28.5 Å². The van der Waals surface area contributed by atoms with Crippen LogP contribution in [0.2, 0.25) is 10.0 Å². The van der Waals surface area contributed by atoms with Gasteiger partial charge < -0.3 is 14.6 Å². The van der Waals surface area contributed by atoms with Gasteiger partial charge in [-0.15, -0.1) is 0 Å². The summed E-state index contributed by atoms with van der Waals surface area (Å²) in [5.74, 6) is -1.64. The zero-order valence-corrected chi connectivity index (χ0v) is 16.7. The second-order valence-corrected chi connectivity index (χ2v) is 6.77. The van der Waals surface area contributed by atoms with Gasteiger partial charge in [0.1, 0.15) is 11.3 Å². The van der Waals surface area contributed by atoms with Crippen LogP contribution in [0.5, 0.6) is 0 Å². The van der Waals surface area contributed by atoms with Crippen molar-refractivity contribution in [2.75, 3.05) is 0 Å². The molecule has 1 aromatic carbocycles. The molecule has 8 heteroatoms. The second kappa shape index (κ2) is 9.59. The van der Waals surface area contributed by atoms with Crippen molar-refractivity contribution in [2.24, 2.45) is 4.99 Å². The van der Waals surface area contributed by atoms with Crippen LogP contribution in [0.1, 0.15) is 45.0 Å². The van der Waals surface area contributed by atoms with E-state index in [9.17, 15) is 14.7 Å². The van der Waals surface area contributed by atoms with Gasteiger partial charge in [-0.3, -0.25) is 4.99 Å². The summed E-state index contributed by atoms with van der Waals surface area (Å²) in [6.07, 6.45) is 0.411. The molecule has 1 N–H and O–H groups in total. The van der Waals surface area contributed by atoms with E-state index in [0.717, 1.165) is 6.21 Å². The molecule has 142 valence electrons. The molecule has 0 aliphatic rings. The molecule has 0 saturated heterocycles. The van der Waals surface area contributed by atoms with Crippen LogP contribution in [0.15, 0.2) is 28.5 Å². The summed E-state index contributed by atoms with van der Waals surface area (Å²) in [6.45, 7) is 8.10. The quantitative estimate of drug-likeness (QED) is 0.312. The van der Waals surface area contributed by atoms with Crippen molar-refractivity contribution in [3.8, 4) is 0 Å². The Kier molecular flexibility index (Phi) is 8.11. The number of aliphatic hydroxyl groups excluding tert-OH is 1. The first-order valence-corrected chi connectivity index (χ1v) is 8.63. The number of allylic oxidation sites excluding steroid dienone is 1. The van der Waals surface area contributed by atoms with E-state index in [-0.39, 0.29) is 44.8 Å². The molecule has 0 aromatic heterocycles. The minimum Gasteiger partial charge on any atom is -0.512 e. The van der Waals surface area contributed by atoms with Crippen LogP contribution in [0.4, 0.5) is 5.69 Å². The number of carbonyl (C=O) groups is 2. The zero-order chi connectivity index (χ0) is 20.0. The van der Waals surface area contributed by atoms with Gasteiger partial charge in [-0.1, -0.05) is 23.2 Å². The highest BCUT2D eigenvalue weighted by Crippen LogP contribution is 2.33. The molecule has 1 aromatic rings. The summed E-state index contributed by atoms with van der Waals surface area (Å²) in [5.41, 5.74) is 0.0584. The summed E-state index contributed by atoms with van der Waals surface area (Å²) in [7, 11) is 0. The number of halogens is 2. The molecular formula is C18H21Cl2NO5. The highest BCUT2D eigenvalue weighted by molar-refractivity contribution is 6.38. The normalized spacial score (nSPS) is 12.5. The highest BCUT2D eigenvalue weighted by Gasteiger charge is 2.19. The van der Waals surface area contributed by atoms with Gasteiger partial charge in [-0.25, -0.2) is 9.59 Å². The van der Waals surface area contributed by atoms with E-state index in [1.54, 1.807) is 27.7 Å². The van der Waals surface area contributed by atoms with Gasteiger partial charge >= 0.3 is 11.9 Å². The lowest BCUT2D eigenvalue weighted by atomic mass is 10.2. The first kappa shape index (κ1) is 22.0. The minimum absolute atomic E-state index is 0.0171. The van der Waals surface area contributed by atoms with Gasteiger partial charge in [0.15, 0.2) is 0 Å². The van der Waals surface area contributed by atoms with Crippen LogP contribution >= 0.6 is 23.2 Å². The predicted molar refractivity (Wildman–Crippen MR) is 102 cm³/mol. The largest absolute Gasteiger partial charge is 0.512 e. The van der Waals surface area contributed by atoms with Crippen molar-refractivity contribution < 1.29 is 24.2 Å². The molecule has 0 atom stereocenters. The standard InChI is InChI=1S/C18H21Cl2NO5/c1-9(2)25-17(23)13-6-12(19)7-15(16(13)20)21-8-14(11(5)22)18(24)26-10(3)4/h6-10,22H,1-5H3. The van der Waals surface area contributed by atoms with Gasteiger partial charge in [0.2, 0.25) is 0 Å². The van der Waals surface area contributed by atoms with E-state index in [1.807, 2.05) is 0 Å². The Balaban J connectivity index is 3.25. The summed E-state index contributed by atoms with van der Waals surface area (Å²) >= 11 is 12.2. The first-order valence-electron chi connectivity index (χ1n) is 7.87. The van der Waals surface area contributed by atoms with E-state index < -0.39 is 11.9 Å². The van der Waals surface area contributed by atoms with Crippen LogP contribution in [0.25, 0.3) is 0 Å². The number of hydrogen-bond donors (Lipinski definition) is 1. The van der Waals surface area contributed by atoms with Crippen LogP contribution < -0.4 is 0 Å². The molecule has 0 unspecified atom stereocenters. The molecule has 0 radical (unpaired) electrons. The Hall–Kier alpha value is -2.05. The lowest BCUT2D eigenvalue weighted by molar-refractivity contribution is -0.142. The molecule has 0 saturated carbocycles. The van der Waals surface area contributed by atoms with Crippen molar-refractivity contribution >= 4 is 47.0 Å². The number of nitrogens with zero attached hydrogens (tertiary/aromatic N) is 1. The maximum Gasteiger partial charge on any atom is 0.343 e. The van der Waals surface area contributed by atoms with E-state index in [4.69, 9.17) is 32.7 Å². The third-order valence-electron chi connectivity index (χ3n) is 2.87. The Labute approximate surface area is 162 Å². The molecule has 0 fully saturated rings. The third-order valence-corrected chi connectivity index (χ3v) is 3.48. The second-order valence-electron chi connectivity index (χ2n) is 5.95. The maximum atomic E-state index is 12.1. The molecule has 26 heavy (non-hydrogen) atoms. The molecular weight excluding hydrogens is 381 g/mol. The first-order chi connectivity index (χ1) is 12.0. The van der Waals surface area contributed by atoms with Crippen LogP contribution in [-0.4, -0.2) is 35.5 Å². The van der Waals surface area contributed by atoms with Gasteiger partial charge in [-0.2, -0.15) is 0 Å². The zero-order valence-electron chi connectivity index (χ0n) is 15.2. The maximum absolute atomic E-state index is 12.1. The molecule has 0 heterocycles. The number of ether oxygens (including phenoxy) is 2. The number of benzene rings is 1. The van der Waals surface area contributed by atoms with E-state index >= 15 is 0 Å². The molecule has 0 aliphatic carbocycles. The molecule has 0 amide bonds. The Morgan fingerprint density at radius 3 is 2.19 bits per heavy atom. The summed E-state index contributed by atoms with van der Waals surface area (Å²) < 4.78 is 10.2. The average molecular weight is 402 g/mol. The van der Waals surface area contributed by atoms with Gasteiger partial charge in [0.25, 0.3) is 0 Å². The fourth-order valence-electron chi connectivity index (χ4n) is 1.80. The number of aliphatic imine (C=N–C) groups is 1. The summed E-state index contributed by atoms with van der Waals surface area (Å²) in [6, 6.07) is 2.79. The monoisotopic (exact) mass is 401 g/mol. The van der Waals surface area contributed by atoms with Crippen molar-refractivity contribution in [3.05, 3.63) is 39.1 Å². The molecule has 0 bridgehead atoms. The lowest BCUT2D eigenvalue weighted by Gasteiger charge is -2.11. The summed E-state index contributed by atoms with van der Waals surface area (Å²) in [5, 5.41) is 9.93. The number of rotatable bonds is 6. The number of carbonyl (C=O) groups excluding carboxylic acids is 2. The fourth-order valence-corrected chi connectivity index (χ4v) is 2.25. The van der Waals surface area contributed by atoms with Crippen LogP contribution in [-0.2, 0) is 14.3 Å². The molecule has 6 nitrogen and oxygen atoms in total.